The Morgan fingerprint density at radius 2 is 2.09 bits per heavy atom. The van der Waals surface area contributed by atoms with E-state index in [1.807, 2.05) is 11.8 Å². The summed E-state index contributed by atoms with van der Waals surface area (Å²) in [6.07, 6.45) is 2.54. The Morgan fingerprint density at radius 3 is 2.82 bits per heavy atom. The molecule has 1 amide bonds. The number of hydrogen-bond acceptors (Lipinski definition) is 3. The molecule has 0 unspecified atom stereocenters. The highest BCUT2D eigenvalue weighted by Gasteiger charge is 2.10. The van der Waals surface area contributed by atoms with E-state index in [0.29, 0.717) is 17.7 Å². The van der Waals surface area contributed by atoms with Gasteiger partial charge in [0.05, 0.1) is 0 Å². The van der Waals surface area contributed by atoms with E-state index in [9.17, 15) is 9.18 Å². The summed E-state index contributed by atoms with van der Waals surface area (Å²) < 4.78 is 13.5. The summed E-state index contributed by atoms with van der Waals surface area (Å²) in [7, 11) is 0. The van der Waals surface area contributed by atoms with Gasteiger partial charge in [0.15, 0.2) is 0 Å². The molecule has 1 heterocycles. The first-order valence-corrected chi connectivity index (χ1v) is 8.83. The minimum Gasteiger partial charge on any atom is -0.352 e. The molecule has 0 saturated carbocycles. The molecule has 0 bridgehead atoms. The van der Waals surface area contributed by atoms with Gasteiger partial charge in [0.2, 0.25) is 5.91 Å². The van der Waals surface area contributed by atoms with Crippen LogP contribution in [0.3, 0.4) is 0 Å². The fourth-order valence-electron chi connectivity index (χ4n) is 2.36. The van der Waals surface area contributed by atoms with Crippen LogP contribution in [0.25, 0.3) is 6.08 Å². The number of halogens is 1. The first-order chi connectivity index (χ1) is 10.7. The number of carbonyl (C=O) groups is 1. The Morgan fingerprint density at radius 1 is 1.36 bits per heavy atom. The predicted molar refractivity (Wildman–Crippen MR) is 91.4 cm³/mol. The molecule has 0 atom stereocenters. The molecule has 1 N–H and O–H groups in total. The van der Waals surface area contributed by atoms with E-state index >= 15 is 0 Å². The van der Waals surface area contributed by atoms with E-state index in [-0.39, 0.29) is 11.7 Å². The smallest absolute Gasteiger partial charge is 0.246 e. The van der Waals surface area contributed by atoms with E-state index in [1.165, 1.54) is 17.6 Å². The van der Waals surface area contributed by atoms with E-state index in [4.69, 9.17) is 0 Å². The van der Waals surface area contributed by atoms with Crippen LogP contribution in [0, 0.1) is 5.82 Å². The van der Waals surface area contributed by atoms with Crippen molar-refractivity contribution in [2.24, 2.45) is 0 Å². The summed E-state index contributed by atoms with van der Waals surface area (Å²) in [5.41, 5.74) is 0.973. The monoisotopic (exact) mass is 322 g/mol. The Hall–Kier alpha value is -1.33. The molecule has 2 rings (SSSR count). The predicted octanol–water partition coefficient (Wildman–Crippen LogP) is 2.78. The third-order valence-corrected chi connectivity index (χ3v) is 4.62. The maximum absolute atomic E-state index is 13.5. The number of rotatable bonds is 6. The molecule has 3 nitrogen and oxygen atoms in total. The Bertz CT molecular complexity index is 527. The van der Waals surface area contributed by atoms with Gasteiger partial charge in [0.1, 0.15) is 5.82 Å². The molecule has 1 aliphatic rings. The van der Waals surface area contributed by atoms with Crippen LogP contribution in [0.4, 0.5) is 4.39 Å². The third-order valence-electron chi connectivity index (χ3n) is 3.68. The van der Waals surface area contributed by atoms with Gasteiger partial charge in [-0.3, -0.25) is 4.79 Å². The van der Waals surface area contributed by atoms with E-state index in [2.05, 4.69) is 10.2 Å². The van der Waals surface area contributed by atoms with Crippen LogP contribution in [0.2, 0.25) is 0 Å². The highest BCUT2D eigenvalue weighted by atomic mass is 32.2. The number of hydrogen-bond donors (Lipinski definition) is 1. The van der Waals surface area contributed by atoms with Crippen molar-refractivity contribution < 1.29 is 9.18 Å². The lowest BCUT2D eigenvalue weighted by Gasteiger charge is -2.25. The van der Waals surface area contributed by atoms with Crippen LogP contribution in [0.1, 0.15) is 18.9 Å². The van der Waals surface area contributed by atoms with Crippen molar-refractivity contribution in [2.45, 2.75) is 13.3 Å². The average Bonchev–Trinajstić information content (AvgIpc) is 2.54. The van der Waals surface area contributed by atoms with Crippen molar-refractivity contribution in [1.29, 1.82) is 0 Å². The fraction of sp³-hybridized carbons (Fsp3) is 0.471. The summed E-state index contributed by atoms with van der Waals surface area (Å²) in [5.74, 6) is 1.98. The molecule has 0 aromatic heterocycles. The van der Waals surface area contributed by atoms with Crippen LogP contribution in [-0.2, 0) is 4.79 Å². The number of benzene rings is 1. The number of nitrogens with zero attached hydrogens (tertiary/aromatic N) is 1. The summed E-state index contributed by atoms with van der Waals surface area (Å²) in [4.78, 5) is 14.4. The van der Waals surface area contributed by atoms with Gasteiger partial charge in [0, 0.05) is 42.3 Å². The molecule has 22 heavy (non-hydrogen) atoms. The van der Waals surface area contributed by atoms with Crippen LogP contribution >= 0.6 is 11.8 Å². The summed E-state index contributed by atoms with van der Waals surface area (Å²) >= 11 is 2.00. The molecule has 1 fully saturated rings. The molecule has 1 aromatic rings. The van der Waals surface area contributed by atoms with E-state index < -0.39 is 0 Å². The zero-order chi connectivity index (χ0) is 15.8. The molecule has 1 aliphatic heterocycles. The van der Waals surface area contributed by atoms with E-state index in [0.717, 1.165) is 26.1 Å². The lowest BCUT2D eigenvalue weighted by molar-refractivity contribution is -0.117. The molecule has 1 aromatic carbocycles. The van der Waals surface area contributed by atoms with Crippen molar-refractivity contribution in [1.82, 2.24) is 10.2 Å². The average molecular weight is 322 g/mol. The molecule has 5 heteroatoms. The fourth-order valence-corrected chi connectivity index (χ4v) is 3.34. The Balaban J connectivity index is 1.73. The van der Waals surface area contributed by atoms with Crippen LogP contribution in [0.5, 0.6) is 0 Å². The minimum atomic E-state index is -0.308. The second-order valence-electron chi connectivity index (χ2n) is 5.41. The third kappa shape index (κ3) is 5.46. The van der Waals surface area contributed by atoms with Crippen molar-refractivity contribution >= 4 is 23.7 Å². The lowest BCUT2D eigenvalue weighted by Crippen LogP contribution is -2.35. The molecule has 1 saturated heterocycles. The van der Waals surface area contributed by atoms with Crippen LogP contribution in [-0.4, -0.2) is 48.5 Å². The zero-order valence-corrected chi connectivity index (χ0v) is 13.8. The minimum absolute atomic E-state index is 0.127. The van der Waals surface area contributed by atoms with Crippen molar-refractivity contribution in [3.63, 3.8) is 0 Å². The highest BCUT2D eigenvalue weighted by Crippen LogP contribution is 2.11. The summed E-state index contributed by atoms with van der Waals surface area (Å²) in [5, 5.41) is 2.90. The molecule has 0 radical (unpaired) electrons. The number of amides is 1. The van der Waals surface area contributed by atoms with Gasteiger partial charge >= 0.3 is 0 Å². The van der Waals surface area contributed by atoms with E-state index in [1.54, 1.807) is 31.2 Å². The summed E-state index contributed by atoms with van der Waals surface area (Å²) in [6, 6.07) is 6.46. The normalized spacial score (nSPS) is 16.5. The van der Waals surface area contributed by atoms with Crippen molar-refractivity contribution in [3.8, 4) is 0 Å². The topological polar surface area (TPSA) is 32.3 Å². The zero-order valence-electron chi connectivity index (χ0n) is 13.0. The quantitative estimate of drug-likeness (QED) is 0.646. The van der Waals surface area contributed by atoms with Gasteiger partial charge in [0.25, 0.3) is 0 Å². The lowest BCUT2D eigenvalue weighted by atomic mass is 10.1. The van der Waals surface area contributed by atoms with Gasteiger partial charge in [-0.05, 0) is 32.0 Å². The Labute approximate surface area is 136 Å². The van der Waals surface area contributed by atoms with Crippen LogP contribution < -0.4 is 5.32 Å². The van der Waals surface area contributed by atoms with Gasteiger partial charge in [-0.25, -0.2) is 4.39 Å². The van der Waals surface area contributed by atoms with Crippen molar-refractivity contribution in [3.05, 3.63) is 41.2 Å². The number of carbonyl (C=O) groups excluding carboxylic acids is 1. The molecule has 120 valence electrons. The van der Waals surface area contributed by atoms with Crippen molar-refractivity contribution in [2.75, 3.05) is 37.7 Å². The first kappa shape index (κ1) is 17.0. The largest absolute Gasteiger partial charge is 0.352 e. The highest BCUT2D eigenvalue weighted by molar-refractivity contribution is 7.99. The first-order valence-electron chi connectivity index (χ1n) is 7.68. The molecule has 0 aliphatic carbocycles. The second kappa shape index (κ2) is 8.96. The molecular weight excluding hydrogens is 299 g/mol. The number of nitrogens with one attached hydrogen (secondary N) is 1. The van der Waals surface area contributed by atoms with Gasteiger partial charge in [-0.2, -0.15) is 11.8 Å². The Kier molecular flexibility index (Phi) is 6.93. The second-order valence-corrected chi connectivity index (χ2v) is 6.64. The number of thioether (sulfide) groups is 1. The van der Waals surface area contributed by atoms with Gasteiger partial charge < -0.3 is 10.2 Å². The SMILES string of the molecule is C/C(=C\c1ccccc1F)C(=O)NCCCN1CCSCC1. The standard InChI is InChI=1S/C17H23FN2OS/c1-14(13-15-5-2-3-6-16(15)18)17(21)19-7-4-8-20-9-11-22-12-10-20/h2-3,5-6,13H,4,7-12H2,1H3,(H,19,21)/b14-13+. The molecular formula is C17H23FN2OS. The van der Waals surface area contributed by atoms with Crippen LogP contribution in [0.15, 0.2) is 29.8 Å². The van der Waals surface area contributed by atoms with Gasteiger partial charge in [-0.1, -0.05) is 18.2 Å². The summed E-state index contributed by atoms with van der Waals surface area (Å²) in [6.45, 7) is 5.68. The van der Waals surface area contributed by atoms with Gasteiger partial charge in [-0.15, -0.1) is 0 Å². The molecule has 0 spiro atoms. The maximum atomic E-state index is 13.5. The maximum Gasteiger partial charge on any atom is 0.246 e.